The topological polar surface area (TPSA) is 33.3 Å². The van der Waals surface area contributed by atoms with Crippen LogP contribution < -0.4 is 15.4 Å². The van der Waals surface area contributed by atoms with E-state index in [1.165, 1.54) is 16.7 Å². The molecule has 23 heavy (non-hydrogen) atoms. The first-order chi connectivity index (χ1) is 11.0. The zero-order valence-electron chi connectivity index (χ0n) is 14.2. The van der Waals surface area contributed by atoms with Crippen molar-refractivity contribution in [1.29, 1.82) is 0 Å². The molecule has 3 nitrogen and oxygen atoms in total. The standard InChI is InChI=1S/C19H24N2OS/c1-13-6-8-18(16(4)11-13)22-10-9-20-19(23)21-17-12-14(2)5-7-15(17)3/h5-8,11-12H,9-10H2,1-4H3,(H2,20,21,23). The third kappa shape index (κ3) is 5.25. The van der Waals surface area contributed by atoms with Crippen LogP contribution in [0.5, 0.6) is 5.75 Å². The Hall–Kier alpha value is -2.07. The number of thiocarbonyl (C=S) groups is 1. The number of nitrogens with one attached hydrogen (secondary N) is 2. The molecule has 2 N–H and O–H groups in total. The van der Waals surface area contributed by atoms with E-state index in [1.807, 2.05) is 6.07 Å². The Labute approximate surface area is 144 Å². The van der Waals surface area contributed by atoms with Gasteiger partial charge in [0.15, 0.2) is 5.11 Å². The van der Waals surface area contributed by atoms with E-state index in [-0.39, 0.29) is 0 Å². The van der Waals surface area contributed by atoms with Crippen molar-refractivity contribution in [2.45, 2.75) is 27.7 Å². The van der Waals surface area contributed by atoms with Crippen molar-refractivity contribution in [2.75, 3.05) is 18.5 Å². The van der Waals surface area contributed by atoms with Gasteiger partial charge in [0.1, 0.15) is 12.4 Å². The Morgan fingerprint density at radius 1 is 0.957 bits per heavy atom. The maximum atomic E-state index is 5.79. The number of benzene rings is 2. The average Bonchev–Trinajstić information content (AvgIpc) is 2.49. The fourth-order valence-electron chi connectivity index (χ4n) is 2.32. The van der Waals surface area contributed by atoms with Gasteiger partial charge in [0.25, 0.3) is 0 Å². The zero-order chi connectivity index (χ0) is 16.8. The summed E-state index contributed by atoms with van der Waals surface area (Å²) in [6, 6.07) is 12.5. The molecule has 2 aromatic rings. The molecule has 0 aliphatic heterocycles. The molecule has 0 radical (unpaired) electrons. The van der Waals surface area contributed by atoms with E-state index < -0.39 is 0 Å². The molecule has 4 heteroatoms. The maximum absolute atomic E-state index is 5.79. The van der Waals surface area contributed by atoms with Gasteiger partial charge < -0.3 is 15.4 Å². The molecular formula is C19H24N2OS. The lowest BCUT2D eigenvalue weighted by atomic mass is 10.1. The molecule has 0 fully saturated rings. The van der Waals surface area contributed by atoms with Gasteiger partial charge in [-0.3, -0.25) is 0 Å². The fraction of sp³-hybridized carbons (Fsp3) is 0.316. The summed E-state index contributed by atoms with van der Waals surface area (Å²) in [5.41, 5.74) is 5.82. The van der Waals surface area contributed by atoms with E-state index >= 15 is 0 Å². The Balaban J connectivity index is 1.77. The van der Waals surface area contributed by atoms with Gasteiger partial charge in [0.05, 0.1) is 6.54 Å². The molecule has 2 rings (SSSR count). The smallest absolute Gasteiger partial charge is 0.170 e. The van der Waals surface area contributed by atoms with Crippen LogP contribution in [-0.2, 0) is 0 Å². The first kappa shape index (κ1) is 17.3. The van der Waals surface area contributed by atoms with Crippen molar-refractivity contribution in [1.82, 2.24) is 5.32 Å². The second-order valence-electron chi connectivity index (χ2n) is 5.82. The highest BCUT2D eigenvalue weighted by Gasteiger charge is 2.02. The van der Waals surface area contributed by atoms with Crippen molar-refractivity contribution in [3.8, 4) is 5.75 Å². The zero-order valence-corrected chi connectivity index (χ0v) is 15.0. The SMILES string of the molecule is Cc1ccc(OCCNC(=S)Nc2cc(C)ccc2C)c(C)c1. The molecule has 122 valence electrons. The highest BCUT2D eigenvalue weighted by molar-refractivity contribution is 7.80. The van der Waals surface area contributed by atoms with Gasteiger partial charge in [-0.25, -0.2) is 0 Å². The van der Waals surface area contributed by atoms with E-state index in [0.717, 1.165) is 17.0 Å². The van der Waals surface area contributed by atoms with E-state index in [1.54, 1.807) is 0 Å². The Morgan fingerprint density at radius 2 is 1.65 bits per heavy atom. The van der Waals surface area contributed by atoms with Crippen molar-refractivity contribution in [2.24, 2.45) is 0 Å². The number of hydrogen-bond donors (Lipinski definition) is 2. The minimum absolute atomic E-state index is 0.568. The molecule has 0 spiro atoms. The van der Waals surface area contributed by atoms with Gasteiger partial charge in [-0.1, -0.05) is 29.8 Å². The predicted molar refractivity (Wildman–Crippen MR) is 102 cm³/mol. The summed E-state index contributed by atoms with van der Waals surface area (Å²) in [5, 5.41) is 7.02. The summed E-state index contributed by atoms with van der Waals surface area (Å²) in [6.07, 6.45) is 0. The summed E-state index contributed by atoms with van der Waals surface area (Å²) in [6.45, 7) is 9.49. The molecule has 0 saturated carbocycles. The summed E-state index contributed by atoms with van der Waals surface area (Å²) >= 11 is 5.33. The Bertz CT molecular complexity index is 698. The largest absolute Gasteiger partial charge is 0.491 e. The third-order valence-corrected chi connectivity index (χ3v) is 3.86. The van der Waals surface area contributed by atoms with Crippen LogP contribution in [0.2, 0.25) is 0 Å². The number of ether oxygens (including phenoxy) is 1. The quantitative estimate of drug-likeness (QED) is 0.634. The van der Waals surface area contributed by atoms with Gasteiger partial charge in [-0.05, 0) is 68.7 Å². The number of anilines is 1. The van der Waals surface area contributed by atoms with Crippen LogP contribution in [0.4, 0.5) is 5.69 Å². The third-order valence-electron chi connectivity index (χ3n) is 3.62. The molecule has 0 amide bonds. The molecule has 0 bridgehead atoms. The van der Waals surface area contributed by atoms with Crippen molar-refractivity contribution in [3.63, 3.8) is 0 Å². The van der Waals surface area contributed by atoms with Crippen LogP contribution >= 0.6 is 12.2 Å². The molecule has 0 aliphatic carbocycles. The molecule has 2 aromatic carbocycles. The maximum Gasteiger partial charge on any atom is 0.170 e. The number of aryl methyl sites for hydroxylation is 4. The van der Waals surface area contributed by atoms with E-state index in [2.05, 4.69) is 68.7 Å². The van der Waals surface area contributed by atoms with Crippen LogP contribution in [0, 0.1) is 27.7 Å². The van der Waals surface area contributed by atoms with Gasteiger partial charge in [0.2, 0.25) is 0 Å². The summed E-state index contributed by atoms with van der Waals surface area (Å²) < 4.78 is 5.79. The predicted octanol–water partition coefficient (Wildman–Crippen LogP) is 4.29. The van der Waals surface area contributed by atoms with Crippen molar-refractivity contribution < 1.29 is 4.74 Å². The average molecular weight is 328 g/mol. The fourth-order valence-corrected chi connectivity index (χ4v) is 2.54. The Kier molecular flexibility index (Phi) is 5.99. The van der Waals surface area contributed by atoms with Crippen LogP contribution in [0.1, 0.15) is 22.3 Å². The minimum Gasteiger partial charge on any atom is -0.491 e. The lowest BCUT2D eigenvalue weighted by molar-refractivity contribution is 0.320. The molecule has 0 heterocycles. The van der Waals surface area contributed by atoms with Crippen LogP contribution in [-0.4, -0.2) is 18.3 Å². The summed E-state index contributed by atoms with van der Waals surface area (Å²) in [7, 11) is 0. The first-order valence-electron chi connectivity index (χ1n) is 7.78. The molecular weight excluding hydrogens is 304 g/mol. The first-order valence-corrected chi connectivity index (χ1v) is 8.18. The number of rotatable bonds is 5. The van der Waals surface area contributed by atoms with E-state index in [4.69, 9.17) is 17.0 Å². The molecule has 0 saturated heterocycles. The van der Waals surface area contributed by atoms with Crippen LogP contribution in [0.3, 0.4) is 0 Å². The van der Waals surface area contributed by atoms with Gasteiger partial charge in [0, 0.05) is 5.69 Å². The highest BCUT2D eigenvalue weighted by Crippen LogP contribution is 2.18. The second-order valence-corrected chi connectivity index (χ2v) is 6.22. The molecule has 0 atom stereocenters. The van der Waals surface area contributed by atoms with Gasteiger partial charge in [-0.2, -0.15) is 0 Å². The Morgan fingerprint density at radius 3 is 2.39 bits per heavy atom. The van der Waals surface area contributed by atoms with E-state index in [9.17, 15) is 0 Å². The van der Waals surface area contributed by atoms with Crippen molar-refractivity contribution in [3.05, 3.63) is 58.7 Å². The van der Waals surface area contributed by atoms with Crippen LogP contribution in [0.25, 0.3) is 0 Å². The van der Waals surface area contributed by atoms with Gasteiger partial charge >= 0.3 is 0 Å². The summed E-state index contributed by atoms with van der Waals surface area (Å²) in [4.78, 5) is 0. The number of hydrogen-bond acceptors (Lipinski definition) is 2. The highest BCUT2D eigenvalue weighted by atomic mass is 32.1. The lowest BCUT2D eigenvalue weighted by Gasteiger charge is -2.14. The van der Waals surface area contributed by atoms with Crippen molar-refractivity contribution >= 4 is 23.0 Å². The van der Waals surface area contributed by atoms with Gasteiger partial charge in [-0.15, -0.1) is 0 Å². The molecule has 0 aromatic heterocycles. The van der Waals surface area contributed by atoms with E-state index in [0.29, 0.717) is 18.3 Å². The minimum atomic E-state index is 0.568. The summed E-state index contributed by atoms with van der Waals surface area (Å²) in [5.74, 6) is 0.922. The molecule has 0 aliphatic rings. The normalized spacial score (nSPS) is 10.3. The lowest BCUT2D eigenvalue weighted by Crippen LogP contribution is -2.32. The molecule has 0 unspecified atom stereocenters. The van der Waals surface area contributed by atoms with Crippen LogP contribution in [0.15, 0.2) is 36.4 Å². The monoisotopic (exact) mass is 328 g/mol. The second kappa shape index (κ2) is 7.97.